The summed E-state index contributed by atoms with van der Waals surface area (Å²) in [4.78, 5) is 29.5. The van der Waals surface area contributed by atoms with Crippen molar-refractivity contribution < 1.29 is 9.59 Å². The van der Waals surface area contributed by atoms with Crippen molar-refractivity contribution in [2.45, 2.75) is 6.92 Å². The number of amides is 3. The average molecular weight is 256 g/mol. The number of carbonyl (C=O) groups excluding carboxylic acids is 2. The highest BCUT2D eigenvalue weighted by atomic mass is 16.2. The zero-order chi connectivity index (χ0) is 13.6. The van der Waals surface area contributed by atoms with E-state index in [0.29, 0.717) is 11.4 Å². The summed E-state index contributed by atoms with van der Waals surface area (Å²) in [5.41, 5.74) is 4.86. The van der Waals surface area contributed by atoms with Crippen LogP contribution in [0.3, 0.4) is 0 Å². The molecule has 1 unspecified atom stereocenters. The fourth-order valence-electron chi connectivity index (χ4n) is 2.40. The Morgan fingerprint density at radius 1 is 1.26 bits per heavy atom. The predicted octanol–water partition coefficient (Wildman–Crippen LogP) is 1.17. The SMILES string of the molecule is CC1=NNC(=O)N=C2c3ccccc3N(C)C(=O)C12. The largest absolute Gasteiger partial charge is 0.361 e. The van der Waals surface area contributed by atoms with Gasteiger partial charge in [-0.05, 0) is 13.0 Å². The van der Waals surface area contributed by atoms with E-state index in [9.17, 15) is 9.59 Å². The van der Waals surface area contributed by atoms with Gasteiger partial charge in [-0.25, -0.2) is 10.2 Å². The maximum Gasteiger partial charge on any atom is 0.361 e. The molecule has 6 heteroatoms. The van der Waals surface area contributed by atoms with E-state index in [1.165, 1.54) is 0 Å². The van der Waals surface area contributed by atoms with Gasteiger partial charge in [0.1, 0.15) is 5.92 Å². The number of carbonyl (C=O) groups is 2. The van der Waals surface area contributed by atoms with E-state index < -0.39 is 11.9 Å². The van der Waals surface area contributed by atoms with Crippen molar-refractivity contribution in [2.75, 3.05) is 11.9 Å². The standard InChI is InChI=1S/C13H12N4O2/c1-7-10-11(14-13(19)16-15-7)8-5-3-4-6-9(8)17(2)12(10)18/h3-6,10H,1-2H3,(H,16,19). The second-order valence-corrected chi connectivity index (χ2v) is 4.51. The number of para-hydroxylation sites is 1. The van der Waals surface area contributed by atoms with Crippen LogP contribution in [-0.4, -0.2) is 30.4 Å². The molecule has 1 aromatic carbocycles. The molecule has 1 atom stereocenters. The molecular weight excluding hydrogens is 244 g/mol. The molecule has 96 valence electrons. The molecule has 0 spiro atoms. The molecule has 0 fully saturated rings. The van der Waals surface area contributed by atoms with E-state index in [4.69, 9.17) is 0 Å². The summed E-state index contributed by atoms with van der Waals surface area (Å²) in [6.07, 6.45) is 0. The third-order valence-electron chi connectivity index (χ3n) is 3.36. The van der Waals surface area contributed by atoms with Crippen molar-refractivity contribution in [1.29, 1.82) is 0 Å². The quantitative estimate of drug-likeness (QED) is 0.756. The third kappa shape index (κ3) is 1.64. The molecule has 2 aliphatic rings. The number of aliphatic imine (C=N–C) groups is 1. The summed E-state index contributed by atoms with van der Waals surface area (Å²) in [5, 5.41) is 3.90. The van der Waals surface area contributed by atoms with Crippen LogP contribution < -0.4 is 10.3 Å². The molecule has 0 radical (unpaired) electrons. The minimum Gasteiger partial charge on any atom is -0.314 e. The lowest BCUT2D eigenvalue weighted by Crippen LogP contribution is -2.45. The van der Waals surface area contributed by atoms with E-state index in [2.05, 4.69) is 15.5 Å². The van der Waals surface area contributed by atoms with Gasteiger partial charge in [-0.1, -0.05) is 18.2 Å². The molecule has 0 aliphatic carbocycles. The van der Waals surface area contributed by atoms with Gasteiger partial charge in [0, 0.05) is 12.6 Å². The van der Waals surface area contributed by atoms with E-state index in [1.807, 2.05) is 24.3 Å². The molecule has 0 bridgehead atoms. The number of hydrazone groups is 1. The molecule has 0 saturated carbocycles. The van der Waals surface area contributed by atoms with Crippen LogP contribution >= 0.6 is 0 Å². The number of nitrogens with one attached hydrogen (secondary N) is 1. The Kier molecular flexibility index (Phi) is 2.45. The summed E-state index contributed by atoms with van der Waals surface area (Å²) in [6, 6.07) is 6.85. The van der Waals surface area contributed by atoms with Crippen LogP contribution in [-0.2, 0) is 4.79 Å². The minimum atomic E-state index is -0.598. The monoisotopic (exact) mass is 256 g/mol. The normalized spacial score (nSPS) is 21.8. The van der Waals surface area contributed by atoms with Gasteiger partial charge in [-0.3, -0.25) is 4.79 Å². The number of hydrogen-bond donors (Lipinski definition) is 1. The predicted molar refractivity (Wildman–Crippen MR) is 71.5 cm³/mol. The summed E-state index contributed by atoms with van der Waals surface area (Å²) in [6.45, 7) is 1.71. The van der Waals surface area contributed by atoms with Crippen LogP contribution in [0.15, 0.2) is 34.4 Å². The number of nitrogens with zero attached hydrogens (tertiary/aromatic N) is 3. The first-order chi connectivity index (χ1) is 9.09. The van der Waals surface area contributed by atoms with Crippen molar-refractivity contribution in [3.8, 4) is 0 Å². The maximum absolute atomic E-state index is 12.4. The lowest BCUT2D eigenvalue weighted by Gasteiger charge is -2.31. The van der Waals surface area contributed by atoms with Crippen LogP contribution in [0, 0.1) is 5.92 Å². The highest BCUT2D eigenvalue weighted by molar-refractivity contribution is 6.35. The minimum absolute atomic E-state index is 0.129. The van der Waals surface area contributed by atoms with E-state index >= 15 is 0 Å². The van der Waals surface area contributed by atoms with Gasteiger partial charge >= 0.3 is 6.03 Å². The summed E-state index contributed by atoms with van der Waals surface area (Å²) < 4.78 is 0. The van der Waals surface area contributed by atoms with E-state index in [-0.39, 0.29) is 5.91 Å². The molecule has 2 heterocycles. The van der Waals surface area contributed by atoms with Crippen molar-refractivity contribution >= 4 is 29.0 Å². The van der Waals surface area contributed by atoms with Crippen LogP contribution in [0.5, 0.6) is 0 Å². The topological polar surface area (TPSA) is 74.1 Å². The lowest BCUT2D eigenvalue weighted by molar-refractivity contribution is -0.118. The van der Waals surface area contributed by atoms with Gasteiger partial charge in [-0.15, -0.1) is 0 Å². The van der Waals surface area contributed by atoms with Gasteiger partial charge in [0.05, 0.1) is 17.1 Å². The van der Waals surface area contributed by atoms with Gasteiger partial charge in [0.15, 0.2) is 0 Å². The first-order valence-electron chi connectivity index (χ1n) is 5.89. The lowest BCUT2D eigenvalue weighted by atomic mass is 9.86. The number of hydrogen-bond acceptors (Lipinski definition) is 3. The zero-order valence-electron chi connectivity index (χ0n) is 10.5. The number of fused-ring (bicyclic) bond motifs is 3. The fourth-order valence-corrected chi connectivity index (χ4v) is 2.40. The Morgan fingerprint density at radius 2 is 2.00 bits per heavy atom. The maximum atomic E-state index is 12.4. The Labute approximate surface area is 109 Å². The number of urea groups is 1. The second-order valence-electron chi connectivity index (χ2n) is 4.51. The van der Waals surface area contributed by atoms with Crippen LogP contribution in [0.2, 0.25) is 0 Å². The molecular formula is C13H12N4O2. The number of benzene rings is 1. The van der Waals surface area contributed by atoms with Gasteiger partial charge in [0.2, 0.25) is 5.91 Å². The Balaban J connectivity index is 2.29. The van der Waals surface area contributed by atoms with Gasteiger partial charge in [-0.2, -0.15) is 10.1 Å². The van der Waals surface area contributed by atoms with Crippen molar-refractivity contribution in [1.82, 2.24) is 5.43 Å². The van der Waals surface area contributed by atoms with Crippen molar-refractivity contribution in [3.05, 3.63) is 29.8 Å². The van der Waals surface area contributed by atoms with E-state index in [1.54, 1.807) is 18.9 Å². The zero-order valence-corrected chi connectivity index (χ0v) is 10.5. The number of anilines is 1. The second kappa shape index (κ2) is 4.01. The molecule has 1 N–H and O–H groups in total. The molecule has 1 aromatic rings. The summed E-state index contributed by atoms with van der Waals surface area (Å²) in [5.74, 6) is -0.728. The Bertz CT molecular complexity index is 648. The Hall–Kier alpha value is -2.50. The van der Waals surface area contributed by atoms with Gasteiger partial charge in [0.25, 0.3) is 0 Å². The van der Waals surface area contributed by atoms with Crippen LogP contribution in [0.25, 0.3) is 0 Å². The molecule has 3 amide bonds. The van der Waals surface area contributed by atoms with Crippen LogP contribution in [0.4, 0.5) is 10.5 Å². The first kappa shape index (κ1) is 11.6. The van der Waals surface area contributed by atoms with E-state index in [0.717, 1.165) is 11.3 Å². The average Bonchev–Trinajstić information content (AvgIpc) is 2.56. The molecule has 2 aliphatic heterocycles. The number of rotatable bonds is 0. The first-order valence-corrected chi connectivity index (χ1v) is 5.89. The van der Waals surface area contributed by atoms with Gasteiger partial charge < -0.3 is 4.90 Å². The molecule has 0 aromatic heterocycles. The smallest absolute Gasteiger partial charge is 0.314 e. The summed E-state index contributed by atoms with van der Waals surface area (Å²) in [7, 11) is 1.71. The molecule has 3 rings (SSSR count). The fraction of sp³-hybridized carbons (Fsp3) is 0.231. The summed E-state index contributed by atoms with van der Waals surface area (Å²) >= 11 is 0. The third-order valence-corrected chi connectivity index (χ3v) is 3.36. The van der Waals surface area contributed by atoms with Crippen LogP contribution in [0.1, 0.15) is 12.5 Å². The van der Waals surface area contributed by atoms with Crippen molar-refractivity contribution in [2.24, 2.45) is 16.0 Å². The Morgan fingerprint density at radius 3 is 2.79 bits per heavy atom. The molecule has 19 heavy (non-hydrogen) atoms. The van der Waals surface area contributed by atoms with Crippen molar-refractivity contribution in [3.63, 3.8) is 0 Å². The molecule has 6 nitrogen and oxygen atoms in total. The highest BCUT2D eigenvalue weighted by Gasteiger charge is 2.39. The molecule has 0 saturated heterocycles. The highest BCUT2D eigenvalue weighted by Crippen LogP contribution is 2.31.